The number of fused-ring (bicyclic) bond motifs is 1. The highest BCUT2D eigenvalue weighted by atomic mass is 16.5. The first kappa shape index (κ1) is 21.8. The summed E-state index contributed by atoms with van der Waals surface area (Å²) in [5.41, 5.74) is 6.18. The van der Waals surface area contributed by atoms with Crippen LogP contribution < -0.4 is 0 Å². The summed E-state index contributed by atoms with van der Waals surface area (Å²) in [6, 6.07) is 17.0. The average Bonchev–Trinajstić information content (AvgIpc) is 3.19. The quantitative estimate of drug-likeness (QED) is 0.616. The summed E-state index contributed by atoms with van der Waals surface area (Å²) in [6.07, 6.45) is 0.987. The fourth-order valence-electron chi connectivity index (χ4n) is 5.07. The van der Waals surface area contributed by atoms with Gasteiger partial charge in [-0.15, -0.1) is 5.10 Å². The number of morpholine rings is 1. The summed E-state index contributed by atoms with van der Waals surface area (Å²) in [4.78, 5) is 17.5. The Kier molecular flexibility index (Phi) is 6.00. The summed E-state index contributed by atoms with van der Waals surface area (Å²) < 4.78 is 7.62. The van der Waals surface area contributed by atoms with Crippen molar-refractivity contribution in [1.82, 2.24) is 24.8 Å². The van der Waals surface area contributed by atoms with E-state index in [1.54, 1.807) is 0 Å². The summed E-state index contributed by atoms with van der Waals surface area (Å²) >= 11 is 0. The molecule has 0 aliphatic carbocycles. The van der Waals surface area contributed by atoms with Gasteiger partial charge in [-0.05, 0) is 49.9 Å². The van der Waals surface area contributed by atoms with E-state index in [4.69, 9.17) is 4.74 Å². The second kappa shape index (κ2) is 9.08. The first-order valence-electron chi connectivity index (χ1n) is 11.7. The zero-order chi connectivity index (χ0) is 22.9. The molecule has 0 saturated carbocycles. The molecule has 0 unspecified atom stereocenters. The summed E-state index contributed by atoms with van der Waals surface area (Å²) in [7, 11) is 0. The molecule has 33 heavy (non-hydrogen) atoms. The maximum absolute atomic E-state index is 13.2. The van der Waals surface area contributed by atoms with Gasteiger partial charge in [0.25, 0.3) is 5.91 Å². The molecular weight excluding hydrogens is 414 g/mol. The van der Waals surface area contributed by atoms with Crippen LogP contribution in [0.2, 0.25) is 0 Å². The molecule has 1 fully saturated rings. The largest absolute Gasteiger partial charge is 0.372 e. The zero-order valence-corrected chi connectivity index (χ0v) is 19.6. The monoisotopic (exact) mass is 445 g/mol. The Bertz CT molecular complexity index is 1130. The van der Waals surface area contributed by atoms with Crippen molar-refractivity contribution in [1.29, 1.82) is 0 Å². The molecule has 7 heteroatoms. The van der Waals surface area contributed by atoms with E-state index in [9.17, 15) is 4.79 Å². The number of amides is 1. The van der Waals surface area contributed by atoms with Gasteiger partial charge in [0, 0.05) is 32.7 Å². The van der Waals surface area contributed by atoms with Gasteiger partial charge in [0.2, 0.25) is 0 Å². The van der Waals surface area contributed by atoms with Crippen LogP contribution in [0.1, 0.15) is 46.7 Å². The molecule has 5 rings (SSSR count). The first-order valence-corrected chi connectivity index (χ1v) is 11.7. The van der Waals surface area contributed by atoms with Crippen LogP contribution in [-0.4, -0.2) is 62.5 Å². The third-order valence-electron chi connectivity index (χ3n) is 6.60. The minimum absolute atomic E-state index is 0.0213. The average molecular weight is 446 g/mol. The van der Waals surface area contributed by atoms with E-state index in [2.05, 4.69) is 63.7 Å². The number of hydrogen-bond donors (Lipinski definition) is 0. The standard InChI is InChI=1S/C26H31N5O2/c1-18-14-30(15-19(2)33-18)26(32)25-20(3)31(28-27-25)24-11-7-10-22-17-29(13-12-23(22)24)16-21-8-5-4-6-9-21/h4-11,18-19H,12-17H2,1-3H3/t18-,19-/m1/s1. The highest BCUT2D eigenvalue weighted by Gasteiger charge is 2.30. The summed E-state index contributed by atoms with van der Waals surface area (Å²) in [5.74, 6) is -0.0698. The van der Waals surface area contributed by atoms with Crippen molar-refractivity contribution in [3.63, 3.8) is 0 Å². The molecule has 2 aromatic carbocycles. The Morgan fingerprint density at radius 3 is 2.58 bits per heavy atom. The van der Waals surface area contributed by atoms with Gasteiger partial charge in [-0.25, -0.2) is 4.68 Å². The van der Waals surface area contributed by atoms with Gasteiger partial charge >= 0.3 is 0 Å². The van der Waals surface area contributed by atoms with Crippen LogP contribution in [0.5, 0.6) is 0 Å². The van der Waals surface area contributed by atoms with Crippen molar-refractivity contribution in [2.75, 3.05) is 19.6 Å². The van der Waals surface area contributed by atoms with Crippen molar-refractivity contribution >= 4 is 5.91 Å². The Labute approximate surface area is 195 Å². The van der Waals surface area contributed by atoms with E-state index in [1.165, 1.54) is 16.7 Å². The Morgan fingerprint density at radius 2 is 1.82 bits per heavy atom. The van der Waals surface area contributed by atoms with Gasteiger partial charge in [0.05, 0.1) is 23.6 Å². The lowest BCUT2D eigenvalue weighted by Crippen LogP contribution is -2.48. The fraction of sp³-hybridized carbons (Fsp3) is 0.423. The predicted octanol–water partition coefficient (Wildman–Crippen LogP) is 3.38. The van der Waals surface area contributed by atoms with Crippen molar-refractivity contribution in [2.45, 2.75) is 52.5 Å². The molecule has 0 bridgehead atoms. The lowest BCUT2D eigenvalue weighted by Gasteiger charge is -2.35. The van der Waals surface area contributed by atoms with Crippen LogP contribution in [0.25, 0.3) is 5.69 Å². The van der Waals surface area contributed by atoms with E-state index >= 15 is 0 Å². The third-order valence-corrected chi connectivity index (χ3v) is 6.60. The van der Waals surface area contributed by atoms with Crippen LogP contribution >= 0.6 is 0 Å². The number of nitrogens with zero attached hydrogens (tertiary/aromatic N) is 5. The van der Waals surface area contributed by atoms with Crippen molar-refractivity contribution < 1.29 is 9.53 Å². The second-order valence-corrected chi connectivity index (χ2v) is 9.26. The Balaban J connectivity index is 1.38. The number of ether oxygens (including phenoxy) is 1. The number of hydrogen-bond acceptors (Lipinski definition) is 5. The van der Waals surface area contributed by atoms with E-state index in [-0.39, 0.29) is 18.1 Å². The molecule has 2 aliphatic heterocycles. The first-order chi connectivity index (χ1) is 16.0. The number of benzene rings is 2. The molecule has 172 valence electrons. The second-order valence-electron chi connectivity index (χ2n) is 9.26. The molecule has 1 aromatic heterocycles. The highest BCUT2D eigenvalue weighted by Crippen LogP contribution is 2.27. The fourth-order valence-corrected chi connectivity index (χ4v) is 5.07. The van der Waals surface area contributed by atoms with Gasteiger partial charge in [-0.1, -0.05) is 47.7 Å². The van der Waals surface area contributed by atoms with Crippen LogP contribution in [0.15, 0.2) is 48.5 Å². The van der Waals surface area contributed by atoms with E-state index in [0.29, 0.717) is 18.8 Å². The molecule has 0 spiro atoms. The number of aromatic nitrogens is 3. The normalized spacial score (nSPS) is 21.1. The minimum Gasteiger partial charge on any atom is -0.372 e. The molecular formula is C26H31N5O2. The Morgan fingerprint density at radius 1 is 1.06 bits per heavy atom. The lowest BCUT2D eigenvalue weighted by atomic mass is 9.97. The van der Waals surface area contributed by atoms with Gasteiger partial charge < -0.3 is 9.64 Å². The topological polar surface area (TPSA) is 63.5 Å². The third kappa shape index (κ3) is 4.43. The summed E-state index contributed by atoms with van der Waals surface area (Å²) in [5, 5.41) is 8.72. The van der Waals surface area contributed by atoms with E-state index in [0.717, 1.165) is 37.4 Å². The van der Waals surface area contributed by atoms with Gasteiger partial charge in [-0.3, -0.25) is 9.69 Å². The van der Waals surface area contributed by atoms with Crippen molar-refractivity contribution in [3.05, 3.63) is 76.6 Å². The van der Waals surface area contributed by atoms with E-state index < -0.39 is 0 Å². The Hall–Kier alpha value is -3.03. The van der Waals surface area contributed by atoms with Crippen LogP contribution in [0, 0.1) is 6.92 Å². The number of carbonyl (C=O) groups excluding carboxylic acids is 1. The SMILES string of the molecule is Cc1c(C(=O)N2C[C@@H](C)O[C@H](C)C2)nnn1-c1cccc2c1CCN(Cc1ccccc1)C2. The molecule has 3 heterocycles. The smallest absolute Gasteiger partial charge is 0.276 e. The van der Waals surface area contributed by atoms with Gasteiger partial charge in [0.15, 0.2) is 5.69 Å². The maximum atomic E-state index is 13.2. The maximum Gasteiger partial charge on any atom is 0.276 e. The molecule has 7 nitrogen and oxygen atoms in total. The molecule has 1 amide bonds. The van der Waals surface area contributed by atoms with Crippen LogP contribution in [0.3, 0.4) is 0 Å². The molecule has 0 N–H and O–H groups in total. The van der Waals surface area contributed by atoms with Crippen molar-refractivity contribution in [3.8, 4) is 5.69 Å². The van der Waals surface area contributed by atoms with Crippen molar-refractivity contribution in [2.24, 2.45) is 0 Å². The predicted molar refractivity (Wildman–Crippen MR) is 126 cm³/mol. The molecule has 0 radical (unpaired) electrons. The number of rotatable bonds is 4. The van der Waals surface area contributed by atoms with E-state index in [1.807, 2.05) is 30.4 Å². The highest BCUT2D eigenvalue weighted by molar-refractivity contribution is 5.93. The van der Waals surface area contributed by atoms with Crippen LogP contribution in [0.4, 0.5) is 0 Å². The molecule has 1 saturated heterocycles. The lowest BCUT2D eigenvalue weighted by molar-refractivity contribution is -0.0587. The molecule has 2 atom stereocenters. The zero-order valence-electron chi connectivity index (χ0n) is 19.6. The minimum atomic E-state index is -0.0698. The number of carbonyl (C=O) groups is 1. The van der Waals surface area contributed by atoms with Gasteiger partial charge in [-0.2, -0.15) is 0 Å². The molecule has 2 aliphatic rings. The van der Waals surface area contributed by atoms with Gasteiger partial charge in [0.1, 0.15) is 0 Å². The molecule has 3 aromatic rings. The summed E-state index contributed by atoms with van der Waals surface area (Å²) in [6.45, 7) is 9.92. The van der Waals surface area contributed by atoms with Crippen LogP contribution in [-0.2, 0) is 24.2 Å².